The summed E-state index contributed by atoms with van der Waals surface area (Å²) in [6.07, 6.45) is 3.13. The number of nitrogens with zero attached hydrogens (tertiary/aromatic N) is 1. The minimum Gasteiger partial charge on any atom is -0.618 e. The van der Waals surface area contributed by atoms with Crippen LogP contribution in [0.1, 0.15) is 12.1 Å². The molecule has 1 saturated heterocycles. The van der Waals surface area contributed by atoms with Gasteiger partial charge in [-0.25, -0.2) is 0 Å². The summed E-state index contributed by atoms with van der Waals surface area (Å²) in [5.74, 6) is 1.02. The standard InChI is InChI=1S/C10H11NO3/c12-11-4-1-2-9-8(11)6-7-3-5-13-10(7)14-9/h1-2,4,7,10H,3,5-6H2/t7-,10+/m1/s1. The summed E-state index contributed by atoms with van der Waals surface area (Å²) in [5, 5.41) is 11.4. The maximum Gasteiger partial charge on any atom is 0.235 e. The van der Waals surface area contributed by atoms with Crippen molar-refractivity contribution in [3.05, 3.63) is 29.2 Å². The second-order valence-electron chi connectivity index (χ2n) is 3.75. The first kappa shape index (κ1) is 8.05. The second-order valence-corrected chi connectivity index (χ2v) is 3.75. The minimum atomic E-state index is -0.134. The summed E-state index contributed by atoms with van der Waals surface area (Å²) in [7, 11) is 0. The lowest BCUT2D eigenvalue weighted by Gasteiger charge is -2.25. The molecule has 0 spiro atoms. The van der Waals surface area contributed by atoms with E-state index in [-0.39, 0.29) is 6.29 Å². The summed E-state index contributed by atoms with van der Waals surface area (Å²) in [4.78, 5) is 0. The van der Waals surface area contributed by atoms with Gasteiger partial charge in [0.25, 0.3) is 0 Å². The van der Waals surface area contributed by atoms with Gasteiger partial charge in [-0.05, 0) is 12.5 Å². The zero-order chi connectivity index (χ0) is 9.54. The van der Waals surface area contributed by atoms with Crippen molar-refractivity contribution in [3.8, 4) is 5.75 Å². The molecule has 2 aliphatic heterocycles. The predicted molar refractivity (Wildman–Crippen MR) is 47.6 cm³/mol. The van der Waals surface area contributed by atoms with Gasteiger partial charge in [-0.3, -0.25) is 0 Å². The molecule has 74 valence electrons. The summed E-state index contributed by atoms with van der Waals surface area (Å²) >= 11 is 0. The number of ether oxygens (including phenoxy) is 2. The van der Waals surface area contributed by atoms with Gasteiger partial charge in [0.2, 0.25) is 12.0 Å². The molecule has 0 amide bonds. The Balaban J connectivity index is 2.01. The molecule has 0 saturated carbocycles. The minimum absolute atomic E-state index is 0.134. The molecule has 0 N–H and O–H groups in total. The molecular weight excluding hydrogens is 182 g/mol. The molecule has 0 bridgehead atoms. The van der Waals surface area contributed by atoms with Crippen molar-refractivity contribution in [1.29, 1.82) is 0 Å². The first-order valence-electron chi connectivity index (χ1n) is 4.84. The average Bonchev–Trinajstić information content (AvgIpc) is 2.62. The molecule has 14 heavy (non-hydrogen) atoms. The lowest BCUT2D eigenvalue weighted by molar-refractivity contribution is -0.616. The molecular formula is C10H11NO3. The first-order chi connectivity index (χ1) is 6.84. The zero-order valence-corrected chi connectivity index (χ0v) is 7.68. The maximum absolute atomic E-state index is 11.4. The number of hydrogen-bond donors (Lipinski definition) is 0. The Kier molecular flexibility index (Phi) is 1.64. The van der Waals surface area contributed by atoms with Crippen LogP contribution in [0.15, 0.2) is 18.3 Å². The molecule has 0 radical (unpaired) electrons. The van der Waals surface area contributed by atoms with Gasteiger partial charge in [0.1, 0.15) is 0 Å². The Morgan fingerprint density at radius 3 is 3.36 bits per heavy atom. The van der Waals surface area contributed by atoms with E-state index in [2.05, 4.69) is 0 Å². The van der Waals surface area contributed by atoms with Crippen LogP contribution in [0.4, 0.5) is 0 Å². The van der Waals surface area contributed by atoms with Crippen LogP contribution < -0.4 is 9.47 Å². The van der Waals surface area contributed by atoms with Crippen molar-refractivity contribution < 1.29 is 14.2 Å². The molecule has 4 heteroatoms. The summed E-state index contributed by atoms with van der Waals surface area (Å²) in [6, 6.07) is 3.52. The molecule has 2 atom stereocenters. The van der Waals surface area contributed by atoms with Crippen molar-refractivity contribution in [1.82, 2.24) is 0 Å². The van der Waals surface area contributed by atoms with E-state index < -0.39 is 0 Å². The number of aromatic nitrogens is 1. The number of pyridine rings is 1. The highest BCUT2D eigenvalue weighted by atomic mass is 16.7. The van der Waals surface area contributed by atoms with Gasteiger partial charge < -0.3 is 14.7 Å². The highest BCUT2D eigenvalue weighted by Gasteiger charge is 2.38. The summed E-state index contributed by atoms with van der Waals surface area (Å²) in [5.41, 5.74) is 0.735. The predicted octanol–water partition coefficient (Wildman–Crippen LogP) is 0.618. The molecule has 0 aromatic carbocycles. The fraction of sp³-hybridized carbons (Fsp3) is 0.500. The Bertz CT molecular complexity index is 366. The van der Waals surface area contributed by atoms with Crippen LogP contribution in [0.2, 0.25) is 0 Å². The molecule has 0 unspecified atom stereocenters. The molecule has 1 aromatic rings. The van der Waals surface area contributed by atoms with E-state index in [0.29, 0.717) is 11.7 Å². The summed E-state index contributed by atoms with van der Waals surface area (Å²) in [6.45, 7) is 0.738. The molecule has 1 aromatic heterocycles. The SMILES string of the molecule is [O-][n+]1cccc2c1C[C@H]1CCO[C@H]1O2. The van der Waals surface area contributed by atoms with Gasteiger partial charge in [-0.15, -0.1) is 0 Å². The Labute approximate surface area is 81.6 Å². The normalized spacial score (nSPS) is 29.1. The highest BCUT2D eigenvalue weighted by Crippen LogP contribution is 2.33. The van der Waals surface area contributed by atoms with Crippen LogP contribution in [0.5, 0.6) is 5.75 Å². The molecule has 0 aliphatic carbocycles. The van der Waals surface area contributed by atoms with E-state index >= 15 is 0 Å². The van der Waals surface area contributed by atoms with Crippen LogP contribution in [0, 0.1) is 11.1 Å². The van der Waals surface area contributed by atoms with E-state index in [1.165, 1.54) is 6.20 Å². The van der Waals surface area contributed by atoms with E-state index in [0.717, 1.165) is 29.9 Å². The van der Waals surface area contributed by atoms with Gasteiger partial charge >= 0.3 is 0 Å². The van der Waals surface area contributed by atoms with Crippen molar-refractivity contribution in [3.63, 3.8) is 0 Å². The van der Waals surface area contributed by atoms with Crippen molar-refractivity contribution in [2.24, 2.45) is 5.92 Å². The Morgan fingerprint density at radius 1 is 1.50 bits per heavy atom. The monoisotopic (exact) mass is 193 g/mol. The van der Waals surface area contributed by atoms with Crippen molar-refractivity contribution in [2.75, 3.05) is 6.61 Å². The average molecular weight is 193 g/mol. The highest BCUT2D eigenvalue weighted by molar-refractivity contribution is 5.26. The fourth-order valence-electron chi connectivity index (χ4n) is 2.11. The molecule has 3 rings (SSSR count). The van der Waals surface area contributed by atoms with Crippen LogP contribution in [0.3, 0.4) is 0 Å². The quantitative estimate of drug-likeness (QED) is 0.448. The van der Waals surface area contributed by atoms with E-state index in [9.17, 15) is 5.21 Å². The lowest BCUT2D eigenvalue weighted by atomic mass is 9.98. The Morgan fingerprint density at radius 2 is 2.43 bits per heavy atom. The van der Waals surface area contributed by atoms with E-state index in [4.69, 9.17) is 9.47 Å². The van der Waals surface area contributed by atoms with Crippen LogP contribution in [-0.4, -0.2) is 12.9 Å². The third-order valence-electron chi connectivity index (χ3n) is 2.87. The van der Waals surface area contributed by atoms with Crippen LogP contribution in [-0.2, 0) is 11.2 Å². The van der Waals surface area contributed by atoms with Gasteiger partial charge in [0.05, 0.1) is 6.61 Å². The van der Waals surface area contributed by atoms with Crippen LogP contribution >= 0.6 is 0 Å². The zero-order valence-electron chi connectivity index (χ0n) is 7.68. The topological polar surface area (TPSA) is 45.4 Å². The second kappa shape index (κ2) is 2.85. The Hall–Kier alpha value is -1.29. The molecule has 4 nitrogen and oxygen atoms in total. The molecule has 1 fully saturated rings. The van der Waals surface area contributed by atoms with Gasteiger partial charge in [0.15, 0.2) is 11.9 Å². The third kappa shape index (κ3) is 1.07. The largest absolute Gasteiger partial charge is 0.618 e. The lowest BCUT2D eigenvalue weighted by Crippen LogP contribution is -2.39. The van der Waals surface area contributed by atoms with Gasteiger partial charge in [-0.2, -0.15) is 4.73 Å². The van der Waals surface area contributed by atoms with Gasteiger partial charge in [0, 0.05) is 18.4 Å². The van der Waals surface area contributed by atoms with E-state index in [1.807, 2.05) is 6.07 Å². The summed E-state index contributed by atoms with van der Waals surface area (Å²) < 4.78 is 11.9. The number of fused-ring (bicyclic) bond motifs is 2. The molecule has 2 aliphatic rings. The van der Waals surface area contributed by atoms with Crippen LogP contribution in [0.25, 0.3) is 0 Å². The van der Waals surface area contributed by atoms with Gasteiger partial charge in [-0.1, -0.05) is 0 Å². The van der Waals surface area contributed by atoms with Crippen molar-refractivity contribution >= 4 is 0 Å². The van der Waals surface area contributed by atoms with E-state index in [1.54, 1.807) is 6.07 Å². The first-order valence-corrected chi connectivity index (χ1v) is 4.84. The smallest absolute Gasteiger partial charge is 0.235 e. The molecule has 3 heterocycles. The number of rotatable bonds is 0. The fourth-order valence-corrected chi connectivity index (χ4v) is 2.11. The maximum atomic E-state index is 11.4. The third-order valence-corrected chi connectivity index (χ3v) is 2.87. The van der Waals surface area contributed by atoms with Crippen molar-refractivity contribution in [2.45, 2.75) is 19.1 Å². The number of hydrogen-bond acceptors (Lipinski definition) is 3.